The first kappa shape index (κ1) is 15.6. The van der Waals surface area contributed by atoms with Gasteiger partial charge in [-0.25, -0.2) is 4.39 Å². The maximum Gasteiger partial charge on any atom is 0.221 e. The number of thioether (sulfide) groups is 1. The molecule has 2 nitrogen and oxygen atoms in total. The number of benzene rings is 2. The van der Waals surface area contributed by atoms with Crippen molar-refractivity contribution in [1.82, 2.24) is 5.32 Å². The Kier molecular flexibility index (Phi) is 5.81. The first-order valence-corrected chi connectivity index (χ1v) is 7.82. The molecular formula is C17H18FNOS. The van der Waals surface area contributed by atoms with Crippen LogP contribution in [0.5, 0.6) is 0 Å². The van der Waals surface area contributed by atoms with E-state index in [-0.39, 0.29) is 11.7 Å². The number of carbonyl (C=O) groups is 1. The van der Waals surface area contributed by atoms with Crippen molar-refractivity contribution in [1.29, 1.82) is 0 Å². The van der Waals surface area contributed by atoms with Crippen LogP contribution >= 0.6 is 11.8 Å². The fraction of sp³-hybridized carbons (Fsp3) is 0.235. The molecule has 0 saturated carbocycles. The highest BCUT2D eigenvalue weighted by atomic mass is 32.2. The van der Waals surface area contributed by atoms with Crippen LogP contribution in [0.25, 0.3) is 0 Å². The Bertz CT molecular complexity index is 598. The zero-order valence-corrected chi connectivity index (χ0v) is 12.8. The molecule has 110 valence electrons. The molecule has 0 saturated heterocycles. The summed E-state index contributed by atoms with van der Waals surface area (Å²) in [6, 6.07) is 14.5. The number of amides is 1. The Morgan fingerprint density at radius 3 is 2.67 bits per heavy atom. The Morgan fingerprint density at radius 1 is 1.19 bits per heavy atom. The highest BCUT2D eigenvalue weighted by Crippen LogP contribution is 2.18. The van der Waals surface area contributed by atoms with Crippen LogP contribution in [0.3, 0.4) is 0 Å². The van der Waals surface area contributed by atoms with Crippen molar-refractivity contribution >= 4 is 17.7 Å². The highest BCUT2D eigenvalue weighted by molar-refractivity contribution is 7.99. The molecule has 21 heavy (non-hydrogen) atoms. The molecule has 1 N–H and O–H groups in total. The number of hydrogen-bond acceptors (Lipinski definition) is 2. The maximum atomic E-state index is 13.0. The summed E-state index contributed by atoms with van der Waals surface area (Å²) in [5.41, 5.74) is 2.00. The highest BCUT2D eigenvalue weighted by Gasteiger charge is 2.03. The third-order valence-electron chi connectivity index (χ3n) is 3.00. The minimum absolute atomic E-state index is 0.0149. The molecule has 0 radical (unpaired) electrons. The lowest BCUT2D eigenvalue weighted by Gasteiger charge is -2.06. The van der Waals surface area contributed by atoms with Crippen LogP contribution in [0, 0.1) is 12.7 Å². The lowest BCUT2D eigenvalue weighted by molar-refractivity contribution is -0.120. The van der Waals surface area contributed by atoms with Crippen LogP contribution < -0.4 is 5.32 Å². The van der Waals surface area contributed by atoms with Gasteiger partial charge in [0.15, 0.2) is 0 Å². The van der Waals surface area contributed by atoms with Gasteiger partial charge in [-0.3, -0.25) is 4.79 Å². The molecule has 0 unspecified atom stereocenters. The van der Waals surface area contributed by atoms with Gasteiger partial charge in [-0.15, -0.1) is 11.8 Å². The summed E-state index contributed by atoms with van der Waals surface area (Å²) in [7, 11) is 0. The van der Waals surface area contributed by atoms with Gasteiger partial charge in [0.1, 0.15) is 5.82 Å². The van der Waals surface area contributed by atoms with Crippen LogP contribution in [0.1, 0.15) is 17.5 Å². The summed E-state index contributed by atoms with van der Waals surface area (Å²) >= 11 is 1.66. The van der Waals surface area contributed by atoms with Gasteiger partial charge in [0.05, 0.1) is 0 Å². The molecule has 2 aromatic rings. The molecule has 4 heteroatoms. The Labute approximate surface area is 128 Å². The van der Waals surface area contributed by atoms with Gasteiger partial charge in [0.25, 0.3) is 0 Å². The van der Waals surface area contributed by atoms with Crippen LogP contribution in [-0.2, 0) is 11.3 Å². The lowest BCUT2D eigenvalue weighted by atomic mass is 10.2. The molecule has 0 aromatic heterocycles. The minimum atomic E-state index is -0.281. The molecule has 0 aliphatic heterocycles. The van der Waals surface area contributed by atoms with E-state index in [2.05, 4.69) is 29.6 Å². The minimum Gasteiger partial charge on any atom is -0.352 e. The normalized spacial score (nSPS) is 10.4. The number of carbonyl (C=O) groups excluding carboxylic acids is 1. The summed E-state index contributed by atoms with van der Waals surface area (Å²) < 4.78 is 13.0. The predicted molar refractivity (Wildman–Crippen MR) is 84.8 cm³/mol. The van der Waals surface area contributed by atoms with Crippen LogP contribution in [0.4, 0.5) is 4.39 Å². The van der Waals surface area contributed by atoms with Crippen molar-refractivity contribution in [3.8, 4) is 0 Å². The number of halogens is 1. The van der Waals surface area contributed by atoms with Crippen molar-refractivity contribution in [3.05, 3.63) is 65.5 Å². The molecule has 2 aromatic carbocycles. The van der Waals surface area contributed by atoms with Gasteiger partial charge in [-0.05, 0) is 36.8 Å². The molecular weight excluding hydrogens is 285 g/mol. The molecule has 2 rings (SSSR count). The Morgan fingerprint density at radius 2 is 1.95 bits per heavy atom. The fourth-order valence-electron chi connectivity index (χ4n) is 1.83. The average Bonchev–Trinajstić information content (AvgIpc) is 2.47. The Balaban J connectivity index is 1.69. The third-order valence-corrected chi connectivity index (χ3v) is 4.01. The van der Waals surface area contributed by atoms with Gasteiger partial charge in [-0.2, -0.15) is 0 Å². The van der Waals surface area contributed by atoms with E-state index in [0.717, 1.165) is 11.3 Å². The van der Waals surface area contributed by atoms with Crippen molar-refractivity contribution in [3.63, 3.8) is 0 Å². The number of hydrogen-bond donors (Lipinski definition) is 1. The molecule has 0 bridgehead atoms. The topological polar surface area (TPSA) is 29.1 Å². The summed E-state index contributed by atoms with van der Waals surface area (Å²) in [6.45, 7) is 2.42. The molecule has 0 heterocycles. The monoisotopic (exact) mass is 303 g/mol. The molecule has 0 fully saturated rings. The second-order valence-electron chi connectivity index (χ2n) is 4.82. The fourth-order valence-corrected chi connectivity index (χ4v) is 2.68. The van der Waals surface area contributed by atoms with Crippen LogP contribution in [-0.4, -0.2) is 11.7 Å². The van der Waals surface area contributed by atoms with E-state index in [1.54, 1.807) is 23.9 Å². The maximum absolute atomic E-state index is 13.0. The van der Waals surface area contributed by atoms with E-state index >= 15 is 0 Å². The summed E-state index contributed by atoms with van der Waals surface area (Å²) in [5, 5.41) is 2.80. The zero-order valence-electron chi connectivity index (χ0n) is 11.9. The molecule has 0 aliphatic carbocycles. The molecule has 1 amide bonds. The van der Waals surface area contributed by atoms with Crippen LogP contribution in [0.2, 0.25) is 0 Å². The smallest absolute Gasteiger partial charge is 0.221 e. The summed E-state index contributed by atoms with van der Waals surface area (Å²) in [6.07, 6.45) is 0.452. The van der Waals surface area contributed by atoms with E-state index in [9.17, 15) is 9.18 Å². The first-order valence-electron chi connectivity index (χ1n) is 6.84. The second-order valence-corrected chi connectivity index (χ2v) is 5.99. The van der Waals surface area contributed by atoms with E-state index in [1.165, 1.54) is 22.6 Å². The van der Waals surface area contributed by atoms with E-state index < -0.39 is 0 Å². The van der Waals surface area contributed by atoms with E-state index in [4.69, 9.17) is 0 Å². The predicted octanol–water partition coefficient (Wildman–Crippen LogP) is 3.93. The van der Waals surface area contributed by atoms with Gasteiger partial charge >= 0.3 is 0 Å². The van der Waals surface area contributed by atoms with Gasteiger partial charge in [0, 0.05) is 23.6 Å². The number of nitrogens with one attached hydrogen (secondary N) is 1. The van der Waals surface area contributed by atoms with E-state index in [0.29, 0.717) is 13.0 Å². The van der Waals surface area contributed by atoms with Crippen LogP contribution in [0.15, 0.2) is 53.4 Å². The van der Waals surface area contributed by atoms with Crippen molar-refractivity contribution in [2.45, 2.75) is 24.8 Å². The standard InChI is InChI=1S/C17H18FNOS/c1-13-5-7-16(8-6-13)21-10-9-17(20)19-12-14-3-2-4-15(18)11-14/h2-8,11H,9-10,12H2,1H3,(H,19,20). The zero-order chi connectivity index (χ0) is 15.1. The molecule has 0 spiro atoms. The van der Waals surface area contributed by atoms with Crippen molar-refractivity contribution in [2.75, 3.05) is 5.75 Å². The number of rotatable bonds is 6. The first-order chi connectivity index (χ1) is 10.1. The molecule has 0 aliphatic rings. The number of aryl methyl sites for hydroxylation is 1. The van der Waals surface area contributed by atoms with Gasteiger partial charge < -0.3 is 5.32 Å². The van der Waals surface area contributed by atoms with E-state index in [1.807, 2.05) is 6.92 Å². The Hall–Kier alpha value is -1.81. The van der Waals surface area contributed by atoms with Gasteiger partial charge in [0.2, 0.25) is 5.91 Å². The van der Waals surface area contributed by atoms with Crippen molar-refractivity contribution < 1.29 is 9.18 Å². The second kappa shape index (κ2) is 7.84. The largest absolute Gasteiger partial charge is 0.352 e. The SMILES string of the molecule is Cc1ccc(SCCC(=O)NCc2cccc(F)c2)cc1. The average molecular weight is 303 g/mol. The molecule has 0 atom stereocenters. The lowest BCUT2D eigenvalue weighted by Crippen LogP contribution is -2.23. The summed E-state index contributed by atoms with van der Waals surface area (Å²) in [4.78, 5) is 12.9. The van der Waals surface area contributed by atoms with Gasteiger partial charge in [-0.1, -0.05) is 29.8 Å². The third kappa shape index (κ3) is 5.60. The summed E-state index contributed by atoms with van der Waals surface area (Å²) in [5.74, 6) is 0.438. The van der Waals surface area contributed by atoms with Crippen molar-refractivity contribution in [2.24, 2.45) is 0 Å². The quantitative estimate of drug-likeness (QED) is 0.819.